The zero-order valence-electron chi connectivity index (χ0n) is 21.0. The molecule has 5 rings (SSSR count). The van der Waals surface area contributed by atoms with E-state index < -0.39 is 18.7 Å². The van der Waals surface area contributed by atoms with Crippen LogP contribution in [0, 0.1) is 6.92 Å². The highest BCUT2D eigenvalue weighted by molar-refractivity contribution is 5.93. The van der Waals surface area contributed by atoms with Crippen LogP contribution < -0.4 is 0 Å². The normalized spacial score (nSPS) is 20.1. The van der Waals surface area contributed by atoms with E-state index in [1.807, 2.05) is 40.7 Å². The molecule has 2 aliphatic heterocycles. The van der Waals surface area contributed by atoms with E-state index >= 15 is 0 Å². The minimum Gasteiger partial charge on any atom is -0.478 e. The number of pyridine rings is 1. The summed E-state index contributed by atoms with van der Waals surface area (Å²) >= 11 is 0. The number of carboxylic acid groups (broad SMARTS) is 1. The standard InChI is InChI=1S/C26H32F3N5O3/c1-16-21(26(35)36)13-22-20(18-14-30-34(15-18)19-4-11-37-12-5-19)3-6-33(22)23(16)17(2)31-7-9-32(10-8-31)25(29)24(27)28/h3,6,13-15,17,19,24-25H,4-5,7-12H2,1-2H3,(H,35,36). The molecule has 1 N–H and O–H groups in total. The van der Waals surface area contributed by atoms with Crippen molar-refractivity contribution in [1.82, 2.24) is 24.0 Å². The van der Waals surface area contributed by atoms with Crippen LogP contribution in [0.1, 0.15) is 53.5 Å². The maximum atomic E-state index is 13.8. The SMILES string of the molecule is Cc1c(C(=O)O)cc2c(-c3cnn(C4CCOCC4)c3)ccn2c1C(C)N1CCN(C(F)C(F)F)CC1. The van der Waals surface area contributed by atoms with E-state index in [1.165, 1.54) is 0 Å². The molecular formula is C26H32F3N5O3. The van der Waals surface area contributed by atoms with E-state index in [0.717, 1.165) is 40.1 Å². The number of carboxylic acids is 1. The third-order valence-electron chi connectivity index (χ3n) is 7.81. The summed E-state index contributed by atoms with van der Waals surface area (Å²) in [5, 5.41) is 14.6. The Bertz CT molecular complexity index is 1260. The predicted octanol–water partition coefficient (Wildman–Crippen LogP) is 4.40. The molecule has 2 aliphatic rings. The molecule has 0 radical (unpaired) electrons. The molecule has 2 atom stereocenters. The first-order chi connectivity index (χ1) is 17.8. The maximum absolute atomic E-state index is 13.8. The fourth-order valence-corrected chi connectivity index (χ4v) is 5.68. The van der Waals surface area contributed by atoms with E-state index in [1.54, 1.807) is 13.0 Å². The van der Waals surface area contributed by atoms with Crippen LogP contribution in [0.15, 0.2) is 30.7 Å². The van der Waals surface area contributed by atoms with Crippen LogP contribution in [0.25, 0.3) is 16.6 Å². The average Bonchev–Trinajstić information content (AvgIpc) is 3.55. The second-order valence-electron chi connectivity index (χ2n) is 9.87. The van der Waals surface area contributed by atoms with Crippen LogP contribution in [-0.2, 0) is 4.74 Å². The van der Waals surface area contributed by atoms with E-state index in [0.29, 0.717) is 31.9 Å². The summed E-state index contributed by atoms with van der Waals surface area (Å²) in [5.41, 5.74) is 4.23. The summed E-state index contributed by atoms with van der Waals surface area (Å²) in [5.74, 6) is -1.01. The van der Waals surface area contributed by atoms with Gasteiger partial charge in [-0.1, -0.05) is 0 Å². The lowest BCUT2D eigenvalue weighted by atomic mass is 10.00. The van der Waals surface area contributed by atoms with Crippen molar-refractivity contribution in [2.45, 2.75) is 51.5 Å². The molecule has 3 aromatic rings. The van der Waals surface area contributed by atoms with Gasteiger partial charge in [0.2, 0.25) is 6.30 Å². The Morgan fingerprint density at radius 3 is 2.46 bits per heavy atom. The average molecular weight is 520 g/mol. The van der Waals surface area contributed by atoms with Crippen LogP contribution in [-0.4, -0.2) is 87.2 Å². The minimum absolute atomic E-state index is 0.180. The van der Waals surface area contributed by atoms with Crippen molar-refractivity contribution in [1.29, 1.82) is 0 Å². The van der Waals surface area contributed by atoms with Gasteiger partial charge in [0.15, 0.2) is 0 Å². The molecule has 0 bridgehead atoms. The lowest BCUT2D eigenvalue weighted by Crippen LogP contribution is -2.51. The molecule has 2 saturated heterocycles. The lowest BCUT2D eigenvalue weighted by Gasteiger charge is -2.39. The number of alkyl halides is 3. The first kappa shape index (κ1) is 25.7. The first-order valence-corrected chi connectivity index (χ1v) is 12.7. The number of halogens is 3. The number of hydrogen-bond acceptors (Lipinski definition) is 5. The number of aromatic nitrogens is 3. The van der Waals surface area contributed by atoms with Crippen molar-refractivity contribution < 1.29 is 27.8 Å². The minimum atomic E-state index is -3.04. The Kier molecular flexibility index (Phi) is 7.28. The third-order valence-corrected chi connectivity index (χ3v) is 7.81. The van der Waals surface area contributed by atoms with Crippen molar-refractivity contribution in [3.63, 3.8) is 0 Å². The lowest BCUT2D eigenvalue weighted by molar-refractivity contribution is -0.0688. The van der Waals surface area contributed by atoms with Gasteiger partial charge in [0.05, 0.1) is 23.3 Å². The number of nitrogens with zero attached hydrogens (tertiary/aromatic N) is 5. The monoisotopic (exact) mass is 519 g/mol. The van der Waals surface area contributed by atoms with Gasteiger partial charge in [0.25, 0.3) is 6.43 Å². The van der Waals surface area contributed by atoms with Crippen LogP contribution in [0.5, 0.6) is 0 Å². The molecule has 0 amide bonds. The van der Waals surface area contributed by atoms with E-state index in [4.69, 9.17) is 4.74 Å². The molecule has 3 aromatic heterocycles. The Balaban J connectivity index is 1.48. The van der Waals surface area contributed by atoms with Crippen molar-refractivity contribution in [3.8, 4) is 11.1 Å². The predicted molar refractivity (Wildman–Crippen MR) is 132 cm³/mol. The number of fused-ring (bicyclic) bond motifs is 1. The van der Waals surface area contributed by atoms with E-state index in [2.05, 4.69) is 10.00 Å². The van der Waals surface area contributed by atoms with Gasteiger partial charge in [-0.25, -0.2) is 18.0 Å². The van der Waals surface area contributed by atoms with Crippen LogP contribution >= 0.6 is 0 Å². The molecule has 0 saturated carbocycles. The molecule has 0 aliphatic carbocycles. The van der Waals surface area contributed by atoms with Crippen molar-refractivity contribution in [2.24, 2.45) is 0 Å². The fourth-order valence-electron chi connectivity index (χ4n) is 5.68. The van der Waals surface area contributed by atoms with Crippen LogP contribution in [0.2, 0.25) is 0 Å². The second-order valence-corrected chi connectivity index (χ2v) is 9.87. The quantitative estimate of drug-likeness (QED) is 0.467. The van der Waals surface area contributed by atoms with Gasteiger partial charge in [-0.15, -0.1) is 0 Å². The maximum Gasteiger partial charge on any atom is 0.336 e. The summed E-state index contributed by atoms with van der Waals surface area (Å²) in [7, 11) is 0. The molecule has 5 heterocycles. The Hall–Kier alpha value is -2.89. The topological polar surface area (TPSA) is 75.2 Å². The summed E-state index contributed by atoms with van der Waals surface area (Å²) in [6, 6.07) is 3.73. The van der Waals surface area contributed by atoms with Gasteiger partial charge in [0, 0.05) is 74.6 Å². The highest BCUT2D eigenvalue weighted by atomic mass is 19.3. The van der Waals surface area contributed by atoms with Gasteiger partial charge < -0.3 is 14.2 Å². The second kappa shape index (κ2) is 10.5. The molecule has 2 unspecified atom stereocenters. The molecule has 8 nitrogen and oxygen atoms in total. The number of hydrogen-bond donors (Lipinski definition) is 1. The smallest absolute Gasteiger partial charge is 0.336 e. The van der Waals surface area contributed by atoms with Gasteiger partial charge in [-0.05, 0) is 44.4 Å². The molecule has 0 spiro atoms. The third kappa shape index (κ3) is 4.87. The largest absolute Gasteiger partial charge is 0.478 e. The van der Waals surface area contributed by atoms with Crippen molar-refractivity contribution in [2.75, 3.05) is 39.4 Å². The van der Waals surface area contributed by atoms with Gasteiger partial charge in [0.1, 0.15) is 0 Å². The summed E-state index contributed by atoms with van der Waals surface area (Å²) in [4.78, 5) is 15.5. The zero-order valence-corrected chi connectivity index (χ0v) is 21.0. The Morgan fingerprint density at radius 2 is 1.81 bits per heavy atom. The van der Waals surface area contributed by atoms with Gasteiger partial charge in [-0.3, -0.25) is 14.5 Å². The molecule has 2 fully saturated rings. The summed E-state index contributed by atoms with van der Waals surface area (Å²) < 4.78 is 48.9. The number of rotatable bonds is 7. The summed E-state index contributed by atoms with van der Waals surface area (Å²) in [6.07, 6.45) is 2.24. The van der Waals surface area contributed by atoms with Gasteiger partial charge >= 0.3 is 5.97 Å². The number of aromatic carboxylic acids is 1. The van der Waals surface area contributed by atoms with Crippen molar-refractivity contribution >= 4 is 11.5 Å². The van der Waals surface area contributed by atoms with Crippen LogP contribution in [0.3, 0.4) is 0 Å². The zero-order chi connectivity index (χ0) is 26.3. The molecule has 11 heteroatoms. The van der Waals surface area contributed by atoms with Gasteiger partial charge in [-0.2, -0.15) is 5.10 Å². The van der Waals surface area contributed by atoms with E-state index in [9.17, 15) is 23.1 Å². The molecular weight excluding hydrogens is 487 g/mol. The molecule has 200 valence electrons. The van der Waals surface area contributed by atoms with Crippen molar-refractivity contribution in [3.05, 3.63) is 47.5 Å². The Labute approximate surface area is 213 Å². The molecule has 37 heavy (non-hydrogen) atoms. The van der Waals surface area contributed by atoms with E-state index in [-0.39, 0.29) is 30.7 Å². The fraction of sp³-hybridized carbons (Fsp3) is 0.538. The summed E-state index contributed by atoms with van der Waals surface area (Å²) in [6.45, 7) is 6.35. The highest BCUT2D eigenvalue weighted by Gasteiger charge is 2.33. The highest BCUT2D eigenvalue weighted by Crippen LogP contribution is 2.34. The number of piperazine rings is 1. The number of carbonyl (C=O) groups is 1. The molecule has 0 aromatic carbocycles. The Morgan fingerprint density at radius 1 is 1.14 bits per heavy atom. The first-order valence-electron chi connectivity index (χ1n) is 12.7. The number of ether oxygens (including phenoxy) is 1. The van der Waals surface area contributed by atoms with Crippen LogP contribution in [0.4, 0.5) is 13.2 Å².